The van der Waals surface area contributed by atoms with Crippen LogP contribution in [0.2, 0.25) is 0 Å². The molecule has 1 amide bonds. The van der Waals surface area contributed by atoms with E-state index in [1.807, 2.05) is 0 Å². The first-order valence-corrected chi connectivity index (χ1v) is 11.4. The van der Waals surface area contributed by atoms with Gasteiger partial charge in [-0.3, -0.25) is 9.10 Å². The second-order valence-corrected chi connectivity index (χ2v) is 8.97. The van der Waals surface area contributed by atoms with Crippen LogP contribution in [0.15, 0.2) is 18.2 Å². The molecule has 0 unspecified atom stereocenters. The van der Waals surface area contributed by atoms with E-state index in [0.717, 1.165) is 41.6 Å². The van der Waals surface area contributed by atoms with E-state index in [9.17, 15) is 22.0 Å². The van der Waals surface area contributed by atoms with E-state index in [-0.39, 0.29) is 11.8 Å². The Morgan fingerprint density at radius 1 is 1.25 bits per heavy atom. The number of ether oxygens (including phenoxy) is 1. The molecule has 9 heteroatoms. The third-order valence-electron chi connectivity index (χ3n) is 4.77. The number of sulfonamides is 1. The van der Waals surface area contributed by atoms with Crippen LogP contribution in [0.5, 0.6) is 0 Å². The second-order valence-electron chi connectivity index (χ2n) is 7.11. The Balaban J connectivity index is 1.89. The summed E-state index contributed by atoms with van der Waals surface area (Å²) in [5, 5.41) is 2.68. The molecule has 28 heavy (non-hydrogen) atoms. The van der Waals surface area contributed by atoms with Gasteiger partial charge in [0.05, 0.1) is 18.0 Å². The van der Waals surface area contributed by atoms with E-state index in [4.69, 9.17) is 4.74 Å². The Morgan fingerprint density at radius 3 is 2.54 bits per heavy atom. The molecule has 0 heterocycles. The highest BCUT2D eigenvalue weighted by Gasteiger charge is 2.29. The zero-order valence-corrected chi connectivity index (χ0v) is 17.1. The Labute approximate surface area is 165 Å². The summed E-state index contributed by atoms with van der Waals surface area (Å²) in [5.74, 6) is -2.79. The number of rotatable bonds is 9. The van der Waals surface area contributed by atoms with Gasteiger partial charge in [0.15, 0.2) is 11.6 Å². The van der Waals surface area contributed by atoms with Crippen molar-refractivity contribution in [2.24, 2.45) is 0 Å². The van der Waals surface area contributed by atoms with Gasteiger partial charge in [0, 0.05) is 19.2 Å². The summed E-state index contributed by atoms with van der Waals surface area (Å²) in [6, 6.07) is 1.61. The number of hydrogen-bond acceptors (Lipinski definition) is 4. The Bertz CT molecular complexity index is 767. The molecule has 1 fully saturated rings. The SMILES string of the molecule is C[C@H](C(=O)NCCCOC1CCCCC1)N(c1ccc(F)c(F)c1)S(C)(=O)=O. The van der Waals surface area contributed by atoms with Crippen molar-refractivity contribution in [3.63, 3.8) is 0 Å². The first kappa shape index (κ1) is 22.5. The fourth-order valence-corrected chi connectivity index (χ4v) is 4.51. The molecule has 1 saturated carbocycles. The summed E-state index contributed by atoms with van der Waals surface area (Å²) in [5.41, 5.74) is -0.107. The van der Waals surface area contributed by atoms with E-state index < -0.39 is 33.6 Å². The predicted molar refractivity (Wildman–Crippen MR) is 104 cm³/mol. The maximum absolute atomic E-state index is 13.5. The Morgan fingerprint density at radius 2 is 1.93 bits per heavy atom. The summed E-state index contributed by atoms with van der Waals surface area (Å²) in [6.07, 6.45) is 7.58. The maximum Gasteiger partial charge on any atom is 0.243 e. The van der Waals surface area contributed by atoms with Gasteiger partial charge in [-0.25, -0.2) is 17.2 Å². The quantitative estimate of drug-likeness (QED) is 0.626. The normalized spacial score (nSPS) is 16.6. The molecule has 1 atom stereocenters. The van der Waals surface area contributed by atoms with Gasteiger partial charge in [-0.05, 0) is 38.3 Å². The number of anilines is 1. The highest BCUT2D eigenvalue weighted by molar-refractivity contribution is 7.92. The van der Waals surface area contributed by atoms with E-state index in [0.29, 0.717) is 19.6 Å². The summed E-state index contributed by atoms with van der Waals surface area (Å²) >= 11 is 0. The van der Waals surface area contributed by atoms with Crippen LogP contribution in [0.3, 0.4) is 0 Å². The number of benzene rings is 1. The molecule has 1 aromatic rings. The predicted octanol–water partition coefficient (Wildman–Crippen LogP) is 2.97. The fraction of sp³-hybridized carbons (Fsp3) is 0.632. The number of nitrogens with zero attached hydrogens (tertiary/aromatic N) is 1. The summed E-state index contributed by atoms with van der Waals surface area (Å²) < 4.78 is 57.5. The molecule has 2 rings (SSSR count). The van der Waals surface area contributed by atoms with Gasteiger partial charge in [-0.2, -0.15) is 0 Å². The summed E-state index contributed by atoms with van der Waals surface area (Å²) in [6.45, 7) is 2.26. The van der Waals surface area contributed by atoms with Crippen LogP contribution in [0.1, 0.15) is 45.4 Å². The molecule has 0 saturated heterocycles. The van der Waals surface area contributed by atoms with Crippen LogP contribution in [-0.2, 0) is 19.6 Å². The van der Waals surface area contributed by atoms with E-state index in [1.54, 1.807) is 0 Å². The van der Waals surface area contributed by atoms with E-state index in [1.165, 1.54) is 26.2 Å². The van der Waals surface area contributed by atoms with Crippen LogP contribution in [0.4, 0.5) is 14.5 Å². The highest BCUT2D eigenvalue weighted by atomic mass is 32.2. The molecule has 1 aliphatic carbocycles. The smallest absolute Gasteiger partial charge is 0.243 e. The van der Waals surface area contributed by atoms with Gasteiger partial charge in [0.25, 0.3) is 0 Å². The second kappa shape index (κ2) is 10.2. The van der Waals surface area contributed by atoms with Gasteiger partial charge in [0.2, 0.25) is 15.9 Å². The van der Waals surface area contributed by atoms with Gasteiger partial charge in [-0.1, -0.05) is 19.3 Å². The third-order valence-corrected chi connectivity index (χ3v) is 6.01. The van der Waals surface area contributed by atoms with Crippen molar-refractivity contribution in [1.82, 2.24) is 5.32 Å². The van der Waals surface area contributed by atoms with Gasteiger partial charge < -0.3 is 10.1 Å². The molecule has 158 valence electrons. The molecule has 0 aliphatic heterocycles. The first-order chi connectivity index (χ1) is 13.2. The van der Waals surface area contributed by atoms with Crippen molar-refractivity contribution < 1.29 is 26.7 Å². The number of amides is 1. The largest absolute Gasteiger partial charge is 0.378 e. The number of hydrogen-bond donors (Lipinski definition) is 1. The van der Waals surface area contributed by atoms with Crippen molar-refractivity contribution in [2.75, 3.05) is 23.7 Å². The molecule has 6 nitrogen and oxygen atoms in total. The minimum atomic E-state index is -3.88. The van der Waals surface area contributed by atoms with Crippen LogP contribution in [0.25, 0.3) is 0 Å². The molecule has 1 aromatic carbocycles. The standard InChI is InChI=1S/C19H28F2N2O4S/c1-14(19(24)22-11-6-12-27-16-7-4-3-5-8-16)23(28(2,25)26)15-9-10-17(20)18(21)13-15/h9-10,13-14,16H,3-8,11-12H2,1-2H3,(H,22,24)/t14-/m1/s1. The summed E-state index contributed by atoms with van der Waals surface area (Å²) in [4.78, 5) is 12.4. The lowest BCUT2D eigenvalue weighted by molar-refractivity contribution is -0.121. The van der Waals surface area contributed by atoms with Crippen molar-refractivity contribution in [3.05, 3.63) is 29.8 Å². The van der Waals surface area contributed by atoms with Crippen LogP contribution in [0, 0.1) is 11.6 Å². The average Bonchev–Trinajstić information content (AvgIpc) is 2.64. The number of halogens is 2. The van der Waals surface area contributed by atoms with Crippen molar-refractivity contribution in [2.45, 2.75) is 57.6 Å². The minimum absolute atomic E-state index is 0.107. The molecule has 0 aromatic heterocycles. The lowest BCUT2D eigenvalue weighted by Crippen LogP contribution is -2.48. The van der Waals surface area contributed by atoms with Crippen molar-refractivity contribution >= 4 is 21.6 Å². The van der Waals surface area contributed by atoms with Gasteiger partial charge >= 0.3 is 0 Å². The topological polar surface area (TPSA) is 75.7 Å². The first-order valence-electron chi connectivity index (χ1n) is 9.54. The lowest BCUT2D eigenvalue weighted by atomic mass is 9.98. The monoisotopic (exact) mass is 418 g/mol. The number of carbonyl (C=O) groups excluding carboxylic acids is 1. The Hall–Kier alpha value is -1.74. The number of carbonyl (C=O) groups is 1. The Kier molecular flexibility index (Phi) is 8.18. The van der Waals surface area contributed by atoms with Gasteiger partial charge in [-0.15, -0.1) is 0 Å². The highest BCUT2D eigenvalue weighted by Crippen LogP contribution is 2.23. The summed E-state index contributed by atoms with van der Waals surface area (Å²) in [7, 11) is -3.88. The van der Waals surface area contributed by atoms with E-state index >= 15 is 0 Å². The van der Waals surface area contributed by atoms with Crippen molar-refractivity contribution in [1.29, 1.82) is 0 Å². The van der Waals surface area contributed by atoms with Crippen molar-refractivity contribution in [3.8, 4) is 0 Å². The zero-order valence-electron chi connectivity index (χ0n) is 16.3. The average molecular weight is 419 g/mol. The van der Waals surface area contributed by atoms with Crippen LogP contribution in [-0.4, -0.2) is 45.9 Å². The minimum Gasteiger partial charge on any atom is -0.378 e. The molecule has 1 N–H and O–H groups in total. The molecule has 0 bridgehead atoms. The fourth-order valence-electron chi connectivity index (χ4n) is 3.34. The lowest BCUT2D eigenvalue weighted by Gasteiger charge is -2.28. The van der Waals surface area contributed by atoms with Gasteiger partial charge in [0.1, 0.15) is 6.04 Å². The molecule has 1 aliphatic rings. The molecular weight excluding hydrogens is 390 g/mol. The molecule has 0 radical (unpaired) electrons. The number of nitrogens with one attached hydrogen (secondary N) is 1. The third kappa shape index (κ3) is 6.41. The molecule has 0 spiro atoms. The zero-order chi connectivity index (χ0) is 20.7. The maximum atomic E-state index is 13.5. The van der Waals surface area contributed by atoms with E-state index in [2.05, 4.69) is 5.32 Å². The molecular formula is C19H28F2N2O4S. The van der Waals surface area contributed by atoms with Crippen LogP contribution >= 0.6 is 0 Å². The van der Waals surface area contributed by atoms with Crippen LogP contribution < -0.4 is 9.62 Å².